The summed E-state index contributed by atoms with van der Waals surface area (Å²) in [5.74, 6) is 0.686. The highest BCUT2D eigenvalue weighted by molar-refractivity contribution is 7.22. The first kappa shape index (κ1) is 12.3. The molecule has 1 aromatic heterocycles. The second-order valence-corrected chi connectivity index (χ2v) is 5.32. The van der Waals surface area contributed by atoms with Crippen LogP contribution < -0.4 is 11.1 Å². The topological polar surface area (TPSA) is 50.9 Å². The van der Waals surface area contributed by atoms with E-state index in [4.69, 9.17) is 5.73 Å². The number of anilines is 1. The molecular formula is C12H16FN3S. The molecule has 0 amide bonds. The van der Waals surface area contributed by atoms with E-state index in [-0.39, 0.29) is 5.82 Å². The summed E-state index contributed by atoms with van der Waals surface area (Å²) < 4.78 is 13.4. The van der Waals surface area contributed by atoms with Crippen LogP contribution in [-0.4, -0.2) is 18.1 Å². The van der Waals surface area contributed by atoms with Crippen molar-refractivity contribution >= 4 is 26.7 Å². The maximum atomic E-state index is 12.6. The van der Waals surface area contributed by atoms with E-state index < -0.39 is 0 Å². The summed E-state index contributed by atoms with van der Waals surface area (Å²) in [4.78, 5) is 3.98. The van der Waals surface area contributed by atoms with Crippen molar-refractivity contribution in [2.24, 2.45) is 5.92 Å². The van der Waals surface area contributed by atoms with Gasteiger partial charge < -0.3 is 11.1 Å². The first-order valence-electron chi connectivity index (χ1n) is 5.67. The smallest absolute Gasteiger partial charge is 0.181 e. The summed E-state index contributed by atoms with van der Waals surface area (Å²) >= 11 is 1.29. The van der Waals surface area contributed by atoms with Gasteiger partial charge in [-0.05, 0) is 43.6 Å². The van der Waals surface area contributed by atoms with Crippen LogP contribution in [0.25, 0.3) is 10.2 Å². The number of aromatic nitrogens is 1. The molecule has 1 saturated heterocycles. The number of hydrogen-bond acceptors (Lipinski definition) is 4. The Morgan fingerprint density at radius 1 is 1.53 bits per heavy atom. The van der Waals surface area contributed by atoms with Crippen molar-refractivity contribution in [3.63, 3.8) is 0 Å². The molecule has 1 aliphatic heterocycles. The Morgan fingerprint density at radius 3 is 2.94 bits per heavy atom. The Kier molecular flexibility index (Phi) is 3.91. The second kappa shape index (κ2) is 5.42. The molecule has 3 rings (SSSR count). The van der Waals surface area contributed by atoms with Gasteiger partial charge in [0.05, 0.1) is 10.2 Å². The Morgan fingerprint density at radius 2 is 2.35 bits per heavy atom. The van der Waals surface area contributed by atoms with Crippen molar-refractivity contribution in [3.05, 3.63) is 24.0 Å². The first-order chi connectivity index (χ1) is 8.15. The molecule has 1 atom stereocenters. The maximum Gasteiger partial charge on any atom is 0.181 e. The first-order valence-corrected chi connectivity index (χ1v) is 6.49. The van der Waals surface area contributed by atoms with Crippen molar-refractivity contribution in [1.82, 2.24) is 10.3 Å². The zero-order valence-corrected chi connectivity index (χ0v) is 10.6. The molecule has 3 N–H and O–H groups in total. The van der Waals surface area contributed by atoms with Gasteiger partial charge in [-0.1, -0.05) is 18.3 Å². The van der Waals surface area contributed by atoms with Gasteiger partial charge in [0.15, 0.2) is 5.13 Å². The number of nitrogen functional groups attached to an aromatic ring is 1. The SMILES string of the molecule is CC1CCNC1.Nc1nc2ccc(F)cc2s1. The maximum absolute atomic E-state index is 12.6. The summed E-state index contributed by atoms with van der Waals surface area (Å²) in [5.41, 5.74) is 6.18. The Labute approximate surface area is 104 Å². The van der Waals surface area contributed by atoms with Crippen LogP contribution in [-0.2, 0) is 0 Å². The summed E-state index contributed by atoms with van der Waals surface area (Å²) in [6, 6.07) is 4.43. The van der Waals surface area contributed by atoms with Crippen LogP contribution in [0.4, 0.5) is 9.52 Å². The van der Waals surface area contributed by atoms with E-state index in [0.717, 1.165) is 16.1 Å². The molecule has 5 heteroatoms. The van der Waals surface area contributed by atoms with E-state index in [1.54, 1.807) is 6.07 Å². The number of thiazole rings is 1. The lowest BCUT2D eigenvalue weighted by Crippen LogP contribution is -2.06. The average molecular weight is 253 g/mol. The number of rotatable bonds is 0. The minimum atomic E-state index is -0.249. The summed E-state index contributed by atoms with van der Waals surface area (Å²) in [5, 5.41) is 3.75. The van der Waals surface area contributed by atoms with Gasteiger partial charge in [-0.3, -0.25) is 0 Å². The number of fused-ring (bicyclic) bond motifs is 1. The van der Waals surface area contributed by atoms with E-state index in [9.17, 15) is 4.39 Å². The number of nitrogens with one attached hydrogen (secondary N) is 1. The molecule has 92 valence electrons. The van der Waals surface area contributed by atoms with E-state index in [1.165, 1.54) is 43.0 Å². The summed E-state index contributed by atoms with van der Waals surface area (Å²) in [7, 11) is 0. The largest absolute Gasteiger partial charge is 0.375 e. The number of hydrogen-bond donors (Lipinski definition) is 2. The lowest BCUT2D eigenvalue weighted by Gasteiger charge is -1.90. The van der Waals surface area contributed by atoms with Gasteiger partial charge in [0, 0.05) is 0 Å². The third kappa shape index (κ3) is 3.38. The standard InChI is InChI=1S/C7H5FN2S.C5H11N/c8-4-1-2-5-6(3-4)11-7(9)10-5;1-5-2-3-6-4-5/h1-3H,(H2,9,10);5-6H,2-4H2,1H3. The summed E-state index contributed by atoms with van der Waals surface area (Å²) in [6.07, 6.45) is 1.38. The van der Waals surface area contributed by atoms with Crippen molar-refractivity contribution in [2.75, 3.05) is 18.8 Å². The molecular weight excluding hydrogens is 237 g/mol. The third-order valence-corrected chi connectivity index (χ3v) is 3.52. The fraction of sp³-hybridized carbons (Fsp3) is 0.417. The third-order valence-electron chi connectivity index (χ3n) is 2.67. The number of nitrogens with zero attached hydrogens (tertiary/aromatic N) is 1. The fourth-order valence-electron chi connectivity index (χ4n) is 1.72. The molecule has 1 aliphatic rings. The average Bonchev–Trinajstić information content (AvgIpc) is 2.86. The zero-order chi connectivity index (χ0) is 12.3. The molecule has 1 unspecified atom stereocenters. The minimum absolute atomic E-state index is 0.249. The predicted octanol–water partition coefficient (Wildman–Crippen LogP) is 2.63. The minimum Gasteiger partial charge on any atom is -0.375 e. The molecule has 3 nitrogen and oxygen atoms in total. The molecule has 2 heterocycles. The van der Waals surface area contributed by atoms with Crippen molar-refractivity contribution in [1.29, 1.82) is 0 Å². The fourth-order valence-corrected chi connectivity index (χ4v) is 2.47. The van der Waals surface area contributed by atoms with Crippen LogP contribution in [0.2, 0.25) is 0 Å². The van der Waals surface area contributed by atoms with Gasteiger partial charge in [0.2, 0.25) is 0 Å². The Hall–Kier alpha value is -1.20. The highest BCUT2D eigenvalue weighted by Gasteiger charge is 2.06. The highest BCUT2D eigenvalue weighted by atomic mass is 32.1. The van der Waals surface area contributed by atoms with Crippen LogP contribution in [0.3, 0.4) is 0 Å². The van der Waals surface area contributed by atoms with Gasteiger partial charge in [0.25, 0.3) is 0 Å². The van der Waals surface area contributed by atoms with Gasteiger partial charge in [-0.25, -0.2) is 9.37 Å². The molecule has 2 aromatic rings. The lowest BCUT2D eigenvalue weighted by molar-refractivity contribution is 0.630. The molecule has 0 bridgehead atoms. The molecule has 0 aliphatic carbocycles. The normalized spacial score (nSPS) is 19.1. The van der Waals surface area contributed by atoms with Gasteiger partial charge in [0.1, 0.15) is 5.82 Å². The molecule has 0 radical (unpaired) electrons. The van der Waals surface area contributed by atoms with E-state index in [0.29, 0.717) is 5.13 Å². The van der Waals surface area contributed by atoms with Crippen molar-refractivity contribution < 1.29 is 4.39 Å². The number of benzene rings is 1. The lowest BCUT2D eigenvalue weighted by atomic mass is 10.2. The quantitative estimate of drug-likeness (QED) is 0.759. The van der Waals surface area contributed by atoms with Crippen LogP contribution >= 0.6 is 11.3 Å². The molecule has 0 spiro atoms. The Bertz CT molecular complexity index is 491. The van der Waals surface area contributed by atoms with E-state index in [1.807, 2.05) is 0 Å². The van der Waals surface area contributed by atoms with Gasteiger partial charge in [-0.15, -0.1) is 0 Å². The van der Waals surface area contributed by atoms with Crippen molar-refractivity contribution in [2.45, 2.75) is 13.3 Å². The molecule has 0 saturated carbocycles. The molecule has 1 fully saturated rings. The highest BCUT2D eigenvalue weighted by Crippen LogP contribution is 2.23. The molecule has 17 heavy (non-hydrogen) atoms. The Balaban J connectivity index is 0.000000153. The van der Waals surface area contributed by atoms with Crippen LogP contribution in [0.1, 0.15) is 13.3 Å². The predicted molar refractivity (Wildman–Crippen MR) is 70.6 cm³/mol. The zero-order valence-electron chi connectivity index (χ0n) is 9.74. The van der Waals surface area contributed by atoms with Crippen LogP contribution in [0.15, 0.2) is 18.2 Å². The van der Waals surface area contributed by atoms with E-state index >= 15 is 0 Å². The van der Waals surface area contributed by atoms with Gasteiger partial charge >= 0.3 is 0 Å². The van der Waals surface area contributed by atoms with E-state index in [2.05, 4.69) is 17.2 Å². The summed E-state index contributed by atoms with van der Waals surface area (Å²) in [6.45, 7) is 4.75. The van der Waals surface area contributed by atoms with Crippen LogP contribution in [0, 0.1) is 11.7 Å². The molecule has 1 aromatic carbocycles. The van der Waals surface area contributed by atoms with Crippen molar-refractivity contribution in [3.8, 4) is 0 Å². The number of nitrogens with two attached hydrogens (primary N) is 1. The van der Waals surface area contributed by atoms with Gasteiger partial charge in [-0.2, -0.15) is 0 Å². The monoisotopic (exact) mass is 253 g/mol. The number of halogens is 1. The van der Waals surface area contributed by atoms with Crippen LogP contribution in [0.5, 0.6) is 0 Å². The second-order valence-electron chi connectivity index (χ2n) is 4.26.